The van der Waals surface area contributed by atoms with Crippen LogP contribution in [-0.2, 0) is 4.74 Å². The fraction of sp³-hybridized carbons (Fsp3) is 1.00. The molecule has 1 heterocycles. The largest absolute Gasteiger partial charge is 0.361 e. The zero-order valence-corrected chi connectivity index (χ0v) is 10.0. The summed E-state index contributed by atoms with van der Waals surface area (Å²) >= 11 is 0. The number of halogens is 1. The van der Waals surface area contributed by atoms with Gasteiger partial charge >= 0.3 is 0 Å². The molecule has 0 bridgehead atoms. The molecule has 0 aliphatic carbocycles. The predicted molar refractivity (Wildman–Crippen MR) is 56.8 cm³/mol. The number of hydrogen-bond acceptors (Lipinski definition) is 2. The van der Waals surface area contributed by atoms with Crippen molar-refractivity contribution in [2.75, 3.05) is 20.2 Å². The Labute approximate surface area is 86.0 Å². The van der Waals surface area contributed by atoms with Crippen LogP contribution in [0.1, 0.15) is 33.1 Å². The Morgan fingerprint density at radius 3 is 2.58 bits per heavy atom. The fourth-order valence-electron chi connectivity index (χ4n) is 1.72. The zero-order chi connectivity index (χ0) is 8.32. The van der Waals surface area contributed by atoms with Gasteiger partial charge in [-0.05, 0) is 40.2 Å². The smallest absolute Gasteiger partial charge is 0.118 e. The van der Waals surface area contributed by atoms with E-state index >= 15 is 0 Å². The van der Waals surface area contributed by atoms with Gasteiger partial charge in [0.05, 0.1) is 0 Å². The standard InChI is InChI=1S/C9H19NO.BrH/c1-4-11-9(2)7-5-6-8-10(9)3;/h4-8H2,1-3H3;1H. The second-order valence-electron chi connectivity index (χ2n) is 3.49. The van der Waals surface area contributed by atoms with Gasteiger partial charge in [-0.3, -0.25) is 4.90 Å². The van der Waals surface area contributed by atoms with Crippen molar-refractivity contribution in [3.8, 4) is 0 Å². The van der Waals surface area contributed by atoms with Crippen LogP contribution in [0.2, 0.25) is 0 Å². The van der Waals surface area contributed by atoms with Gasteiger partial charge in [0.25, 0.3) is 0 Å². The van der Waals surface area contributed by atoms with Crippen molar-refractivity contribution in [2.24, 2.45) is 0 Å². The molecule has 1 aliphatic heterocycles. The summed E-state index contributed by atoms with van der Waals surface area (Å²) in [6.07, 6.45) is 3.80. The first-order valence-electron chi connectivity index (χ1n) is 4.54. The molecule has 0 aromatic carbocycles. The topological polar surface area (TPSA) is 12.5 Å². The lowest BCUT2D eigenvalue weighted by atomic mass is 10.0. The van der Waals surface area contributed by atoms with Crippen LogP contribution in [0.5, 0.6) is 0 Å². The van der Waals surface area contributed by atoms with E-state index in [9.17, 15) is 0 Å². The van der Waals surface area contributed by atoms with Crippen LogP contribution in [0.15, 0.2) is 0 Å². The van der Waals surface area contributed by atoms with Gasteiger partial charge in [0.1, 0.15) is 5.72 Å². The Morgan fingerprint density at radius 2 is 2.08 bits per heavy atom. The molecule has 0 N–H and O–H groups in total. The SMILES string of the molecule is Br.CCOC1(C)CCCCN1C. The summed E-state index contributed by atoms with van der Waals surface area (Å²) in [7, 11) is 2.15. The van der Waals surface area contributed by atoms with E-state index in [1.165, 1.54) is 25.8 Å². The highest BCUT2D eigenvalue weighted by Gasteiger charge is 2.31. The second-order valence-corrected chi connectivity index (χ2v) is 3.49. The van der Waals surface area contributed by atoms with E-state index in [4.69, 9.17) is 4.74 Å². The number of likely N-dealkylation sites (tertiary alicyclic amines) is 1. The summed E-state index contributed by atoms with van der Waals surface area (Å²) in [6, 6.07) is 0. The molecule has 0 amide bonds. The van der Waals surface area contributed by atoms with E-state index in [2.05, 4.69) is 25.8 Å². The third-order valence-electron chi connectivity index (χ3n) is 2.65. The monoisotopic (exact) mass is 237 g/mol. The zero-order valence-electron chi connectivity index (χ0n) is 8.30. The molecule has 0 radical (unpaired) electrons. The minimum absolute atomic E-state index is 0. The van der Waals surface area contributed by atoms with Crippen LogP contribution < -0.4 is 0 Å². The van der Waals surface area contributed by atoms with E-state index < -0.39 is 0 Å². The summed E-state index contributed by atoms with van der Waals surface area (Å²) in [5.74, 6) is 0. The molecule has 1 fully saturated rings. The predicted octanol–water partition coefficient (Wildman–Crippen LogP) is 2.43. The first-order valence-corrected chi connectivity index (χ1v) is 4.54. The molecule has 1 aliphatic rings. The van der Waals surface area contributed by atoms with Crippen LogP contribution in [0.3, 0.4) is 0 Å². The highest BCUT2D eigenvalue weighted by Crippen LogP contribution is 2.26. The Morgan fingerprint density at radius 1 is 1.42 bits per heavy atom. The van der Waals surface area contributed by atoms with Crippen molar-refractivity contribution in [1.82, 2.24) is 4.90 Å². The normalized spacial score (nSPS) is 31.2. The lowest BCUT2D eigenvalue weighted by Crippen LogP contribution is -2.49. The Balaban J connectivity index is 0.00000121. The molecule has 1 atom stereocenters. The quantitative estimate of drug-likeness (QED) is 0.732. The van der Waals surface area contributed by atoms with Gasteiger partial charge in [-0.1, -0.05) is 0 Å². The van der Waals surface area contributed by atoms with Crippen molar-refractivity contribution in [3.63, 3.8) is 0 Å². The average Bonchev–Trinajstić information content (AvgIpc) is 1.96. The average molecular weight is 238 g/mol. The lowest BCUT2D eigenvalue weighted by molar-refractivity contribution is -0.149. The van der Waals surface area contributed by atoms with Crippen molar-refractivity contribution in [3.05, 3.63) is 0 Å². The Hall–Kier alpha value is 0.400. The molecule has 1 saturated heterocycles. The molecule has 3 heteroatoms. The first kappa shape index (κ1) is 12.4. The summed E-state index contributed by atoms with van der Waals surface area (Å²) in [5, 5.41) is 0. The summed E-state index contributed by atoms with van der Waals surface area (Å²) in [6.45, 7) is 6.25. The lowest BCUT2D eigenvalue weighted by Gasteiger charge is -2.42. The molecule has 0 aromatic rings. The number of ether oxygens (including phenoxy) is 1. The fourth-order valence-corrected chi connectivity index (χ4v) is 1.72. The van der Waals surface area contributed by atoms with Crippen LogP contribution in [0, 0.1) is 0 Å². The molecule has 74 valence electrons. The third-order valence-corrected chi connectivity index (χ3v) is 2.65. The van der Waals surface area contributed by atoms with Crippen molar-refractivity contribution in [2.45, 2.75) is 38.8 Å². The maximum Gasteiger partial charge on any atom is 0.118 e. The molecular weight excluding hydrogens is 218 g/mol. The third kappa shape index (κ3) is 2.71. The maximum atomic E-state index is 5.71. The maximum absolute atomic E-state index is 5.71. The highest BCUT2D eigenvalue weighted by molar-refractivity contribution is 8.93. The molecule has 1 rings (SSSR count). The van der Waals surface area contributed by atoms with Gasteiger partial charge in [-0.25, -0.2) is 0 Å². The van der Waals surface area contributed by atoms with Crippen LogP contribution >= 0.6 is 17.0 Å². The van der Waals surface area contributed by atoms with E-state index in [1.54, 1.807) is 0 Å². The van der Waals surface area contributed by atoms with Gasteiger partial charge in [-0.2, -0.15) is 0 Å². The summed E-state index contributed by atoms with van der Waals surface area (Å²) in [4.78, 5) is 2.32. The van der Waals surface area contributed by atoms with E-state index in [0.717, 1.165) is 6.61 Å². The second kappa shape index (κ2) is 5.20. The molecule has 0 aromatic heterocycles. The number of rotatable bonds is 2. The Bertz CT molecular complexity index is 128. The minimum atomic E-state index is 0. The molecule has 0 saturated carbocycles. The van der Waals surface area contributed by atoms with E-state index in [0.29, 0.717) is 0 Å². The molecule has 1 unspecified atom stereocenters. The molecule has 12 heavy (non-hydrogen) atoms. The Kier molecular flexibility index (Phi) is 5.37. The summed E-state index contributed by atoms with van der Waals surface area (Å²) < 4.78 is 5.71. The van der Waals surface area contributed by atoms with E-state index in [1.807, 2.05) is 0 Å². The minimum Gasteiger partial charge on any atom is -0.361 e. The first-order chi connectivity index (χ1) is 5.19. The van der Waals surface area contributed by atoms with Crippen LogP contribution in [-0.4, -0.2) is 30.8 Å². The van der Waals surface area contributed by atoms with E-state index in [-0.39, 0.29) is 22.7 Å². The molecular formula is C9H20BrNO. The number of hydrogen-bond donors (Lipinski definition) is 0. The van der Waals surface area contributed by atoms with Crippen molar-refractivity contribution in [1.29, 1.82) is 0 Å². The van der Waals surface area contributed by atoms with Gasteiger partial charge in [0.2, 0.25) is 0 Å². The van der Waals surface area contributed by atoms with Crippen LogP contribution in [0.25, 0.3) is 0 Å². The van der Waals surface area contributed by atoms with Gasteiger partial charge < -0.3 is 4.74 Å². The van der Waals surface area contributed by atoms with Crippen molar-refractivity contribution < 1.29 is 4.74 Å². The van der Waals surface area contributed by atoms with Crippen LogP contribution in [0.4, 0.5) is 0 Å². The van der Waals surface area contributed by atoms with Crippen molar-refractivity contribution >= 4 is 17.0 Å². The molecule has 0 spiro atoms. The molecule has 2 nitrogen and oxygen atoms in total. The van der Waals surface area contributed by atoms with Gasteiger partial charge in [0.15, 0.2) is 0 Å². The summed E-state index contributed by atoms with van der Waals surface area (Å²) in [5.41, 5.74) is 0.0208. The highest BCUT2D eigenvalue weighted by atomic mass is 79.9. The number of piperidine rings is 1. The number of nitrogens with zero attached hydrogens (tertiary/aromatic N) is 1. The van der Waals surface area contributed by atoms with Gasteiger partial charge in [0, 0.05) is 13.2 Å². The van der Waals surface area contributed by atoms with Gasteiger partial charge in [-0.15, -0.1) is 17.0 Å².